The van der Waals surface area contributed by atoms with E-state index in [-0.39, 0.29) is 11.6 Å². The van der Waals surface area contributed by atoms with Gasteiger partial charge < -0.3 is 9.15 Å². The normalized spacial score (nSPS) is 27.6. The van der Waals surface area contributed by atoms with Gasteiger partial charge in [0, 0.05) is 12.2 Å². The lowest BCUT2D eigenvalue weighted by molar-refractivity contribution is -0.122. The second-order valence-electron chi connectivity index (χ2n) is 6.42. The van der Waals surface area contributed by atoms with Crippen LogP contribution in [0, 0.1) is 12.8 Å². The summed E-state index contributed by atoms with van der Waals surface area (Å²) in [6.07, 6.45) is 10.3. The van der Waals surface area contributed by atoms with E-state index >= 15 is 0 Å². The van der Waals surface area contributed by atoms with Crippen LogP contribution in [0.25, 0.3) is 0 Å². The molecule has 1 aliphatic carbocycles. The van der Waals surface area contributed by atoms with Gasteiger partial charge in [-0.05, 0) is 44.6 Å². The summed E-state index contributed by atoms with van der Waals surface area (Å²) in [6.45, 7) is 2.87. The molecule has 1 spiro atoms. The van der Waals surface area contributed by atoms with Gasteiger partial charge in [-0.25, -0.2) is 0 Å². The van der Waals surface area contributed by atoms with Crippen LogP contribution in [0.1, 0.15) is 62.3 Å². The van der Waals surface area contributed by atoms with Crippen molar-refractivity contribution in [3.63, 3.8) is 0 Å². The van der Waals surface area contributed by atoms with E-state index in [1.165, 1.54) is 37.7 Å². The van der Waals surface area contributed by atoms with Gasteiger partial charge in [0.2, 0.25) is 0 Å². The first kappa shape index (κ1) is 14.1. The Morgan fingerprint density at radius 1 is 1.35 bits per heavy atom. The van der Waals surface area contributed by atoms with Gasteiger partial charge in [0.25, 0.3) is 0 Å². The summed E-state index contributed by atoms with van der Waals surface area (Å²) in [6, 6.07) is 2.22. The SMILES string of the molecule is Cc1occc1C(NN)C1CCOC2(CCCCC2)C1. The monoisotopic (exact) mass is 278 g/mol. The summed E-state index contributed by atoms with van der Waals surface area (Å²) in [7, 11) is 0. The lowest BCUT2D eigenvalue weighted by Gasteiger charge is -2.45. The number of hydrogen-bond donors (Lipinski definition) is 2. The van der Waals surface area contributed by atoms with Crippen LogP contribution in [0.2, 0.25) is 0 Å². The number of furan rings is 1. The number of nitrogens with one attached hydrogen (secondary N) is 1. The Labute approximate surface area is 121 Å². The summed E-state index contributed by atoms with van der Waals surface area (Å²) in [5, 5.41) is 0. The highest BCUT2D eigenvalue weighted by Crippen LogP contribution is 2.44. The lowest BCUT2D eigenvalue weighted by atomic mass is 9.73. The topological polar surface area (TPSA) is 60.4 Å². The molecule has 1 aliphatic heterocycles. The molecule has 0 aromatic carbocycles. The lowest BCUT2D eigenvalue weighted by Crippen LogP contribution is -2.46. The first-order valence-electron chi connectivity index (χ1n) is 7.88. The Bertz CT molecular complexity index is 432. The molecule has 3 rings (SSSR count). The maximum Gasteiger partial charge on any atom is 0.105 e. The molecule has 0 radical (unpaired) electrons. The Hall–Kier alpha value is -0.840. The van der Waals surface area contributed by atoms with Gasteiger partial charge in [-0.3, -0.25) is 11.3 Å². The van der Waals surface area contributed by atoms with Gasteiger partial charge in [0.05, 0.1) is 17.9 Å². The second kappa shape index (κ2) is 5.88. The van der Waals surface area contributed by atoms with Crippen molar-refractivity contribution < 1.29 is 9.15 Å². The fourth-order valence-electron chi connectivity index (χ4n) is 4.09. The zero-order valence-electron chi connectivity index (χ0n) is 12.4. The fourth-order valence-corrected chi connectivity index (χ4v) is 4.09. The molecule has 0 amide bonds. The Kier molecular flexibility index (Phi) is 4.15. The van der Waals surface area contributed by atoms with Crippen molar-refractivity contribution in [1.82, 2.24) is 5.43 Å². The van der Waals surface area contributed by atoms with Crippen LogP contribution in [-0.2, 0) is 4.74 Å². The predicted molar refractivity (Wildman–Crippen MR) is 78.0 cm³/mol. The summed E-state index contributed by atoms with van der Waals surface area (Å²) < 4.78 is 11.6. The minimum absolute atomic E-state index is 0.119. The molecule has 3 N–H and O–H groups in total. The maximum atomic E-state index is 6.19. The molecule has 2 unspecified atom stereocenters. The van der Waals surface area contributed by atoms with Crippen LogP contribution in [0.4, 0.5) is 0 Å². The van der Waals surface area contributed by atoms with Gasteiger partial charge in [0.1, 0.15) is 5.76 Å². The van der Waals surface area contributed by atoms with Crippen molar-refractivity contribution in [3.8, 4) is 0 Å². The molecule has 4 nitrogen and oxygen atoms in total. The number of hydrazine groups is 1. The van der Waals surface area contributed by atoms with Gasteiger partial charge in [0.15, 0.2) is 0 Å². The quantitative estimate of drug-likeness (QED) is 0.658. The highest BCUT2D eigenvalue weighted by molar-refractivity contribution is 5.21. The Morgan fingerprint density at radius 2 is 2.15 bits per heavy atom. The van der Waals surface area contributed by atoms with Crippen molar-refractivity contribution >= 4 is 0 Å². The van der Waals surface area contributed by atoms with E-state index < -0.39 is 0 Å². The van der Waals surface area contributed by atoms with Gasteiger partial charge in [-0.2, -0.15) is 0 Å². The van der Waals surface area contributed by atoms with Gasteiger partial charge >= 0.3 is 0 Å². The maximum absolute atomic E-state index is 6.19. The molecule has 4 heteroatoms. The van der Waals surface area contributed by atoms with Gasteiger partial charge in [-0.15, -0.1) is 0 Å². The molecule has 1 saturated heterocycles. The highest BCUT2D eigenvalue weighted by atomic mass is 16.5. The number of aryl methyl sites for hydroxylation is 1. The van der Waals surface area contributed by atoms with Crippen molar-refractivity contribution in [2.75, 3.05) is 6.61 Å². The fraction of sp³-hybridized carbons (Fsp3) is 0.750. The smallest absolute Gasteiger partial charge is 0.105 e. The van der Waals surface area contributed by atoms with Crippen molar-refractivity contribution in [3.05, 3.63) is 23.7 Å². The van der Waals surface area contributed by atoms with Crippen LogP contribution in [0.15, 0.2) is 16.7 Å². The van der Waals surface area contributed by atoms with E-state index in [2.05, 4.69) is 5.43 Å². The predicted octanol–water partition coefficient (Wildman–Crippen LogP) is 3.22. The minimum Gasteiger partial charge on any atom is -0.469 e. The van der Waals surface area contributed by atoms with Crippen LogP contribution in [0.5, 0.6) is 0 Å². The molecule has 2 fully saturated rings. The molecule has 2 aliphatic rings. The number of rotatable bonds is 3. The average Bonchev–Trinajstić information content (AvgIpc) is 2.87. The summed E-state index contributed by atoms with van der Waals surface area (Å²) in [5.41, 5.74) is 4.34. The summed E-state index contributed by atoms with van der Waals surface area (Å²) >= 11 is 0. The molecule has 2 heterocycles. The van der Waals surface area contributed by atoms with Crippen LogP contribution >= 0.6 is 0 Å². The van der Waals surface area contributed by atoms with Gasteiger partial charge in [-0.1, -0.05) is 19.3 Å². The van der Waals surface area contributed by atoms with E-state index in [9.17, 15) is 0 Å². The van der Waals surface area contributed by atoms with Crippen LogP contribution < -0.4 is 11.3 Å². The third-order valence-electron chi connectivity index (χ3n) is 5.18. The zero-order chi connectivity index (χ0) is 14.0. The molecule has 112 valence electrons. The minimum atomic E-state index is 0.119. The van der Waals surface area contributed by atoms with Crippen LogP contribution in [0.3, 0.4) is 0 Å². The van der Waals surface area contributed by atoms with E-state index in [0.717, 1.165) is 25.2 Å². The molecule has 20 heavy (non-hydrogen) atoms. The van der Waals surface area contributed by atoms with Crippen molar-refractivity contribution in [2.45, 2.75) is 63.5 Å². The van der Waals surface area contributed by atoms with Crippen molar-refractivity contribution in [1.29, 1.82) is 0 Å². The Morgan fingerprint density at radius 3 is 2.80 bits per heavy atom. The molecule has 0 bridgehead atoms. The molecule has 1 aromatic rings. The molecular weight excluding hydrogens is 252 g/mol. The first-order chi connectivity index (χ1) is 9.74. The van der Waals surface area contributed by atoms with E-state index in [0.29, 0.717) is 5.92 Å². The molecule has 1 saturated carbocycles. The van der Waals surface area contributed by atoms with Crippen LogP contribution in [-0.4, -0.2) is 12.2 Å². The van der Waals surface area contributed by atoms with E-state index in [1.54, 1.807) is 6.26 Å². The Balaban J connectivity index is 1.76. The summed E-state index contributed by atoms with van der Waals surface area (Å²) in [4.78, 5) is 0. The highest BCUT2D eigenvalue weighted by Gasteiger charge is 2.41. The van der Waals surface area contributed by atoms with E-state index in [1.807, 2.05) is 13.0 Å². The first-order valence-corrected chi connectivity index (χ1v) is 7.88. The number of nitrogens with two attached hydrogens (primary N) is 1. The second-order valence-corrected chi connectivity index (χ2v) is 6.42. The zero-order valence-corrected chi connectivity index (χ0v) is 12.4. The average molecular weight is 278 g/mol. The number of ether oxygens (including phenoxy) is 1. The standard InChI is InChI=1S/C16H26N2O2/c1-12-14(6-9-19-12)15(18-17)13-5-10-20-16(11-13)7-3-2-4-8-16/h6,9,13,15,18H,2-5,7-8,10-11,17H2,1H3. The summed E-state index contributed by atoms with van der Waals surface area (Å²) in [5.74, 6) is 7.35. The molecular formula is C16H26N2O2. The largest absolute Gasteiger partial charge is 0.469 e. The molecule has 2 atom stereocenters. The molecule has 1 aromatic heterocycles. The number of hydrogen-bond acceptors (Lipinski definition) is 4. The third-order valence-corrected chi connectivity index (χ3v) is 5.18. The van der Waals surface area contributed by atoms with E-state index in [4.69, 9.17) is 15.0 Å². The van der Waals surface area contributed by atoms with Crippen molar-refractivity contribution in [2.24, 2.45) is 11.8 Å². The third kappa shape index (κ3) is 2.65.